The Bertz CT molecular complexity index is 775. The van der Waals surface area contributed by atoms with Crippen LogP contribution in [0.2, 0.25) is 0 Å². The maximum atomic E-state index is 13.1. The minimum Gasteiger partial charge on any atom is -0.293 e. The second-order valence-electron chi connectivity index (χ2n) is 5.83. The molecule has 0 aliphatic rings. The summed E-state index contributed by atoms with van der Waals surface area (Å²) in [6.07, 6.45) is 0.722. The van der Waals surface area contributed by atoms with E-state index in [0.29, 0.717) is 0 Å². The Balaban J connectivity index is 2.00. The second kappa shape index (κ2) is 7.06. The van der Waals surface area contributed by atoms with E-state index < -0.39 is 0 Å². The van der Waals surface area contributed by atoms with Gasteiger partial charge in [0, 0.05) is 5.56 Å². The van der Waals surface area contributed by atoms with Crippen molar-refractivity contribution >= 4 is 5.78 Å². The molecule has 0 heterocycles. The molecule has 1 atom stereocenters. The zero-order valence-electron chi connectivity index (χ0n) is 13.3. The van der Waals surface area contributed by atoms with Crippen molar-refractivity contribution in [2.45, 2.75) is 19.3 Å². The number of aryl methyl sites for hydroxylation is 1. The second-order valence-corrected chi connectivity index (χ2v) is 5.83. The van der Waals surface area contributed by atoms with E-state index in [-0.39, 0.29) is 11.7 Å². The van der Waals surface area contributed by atoms with Gasteiger partial charge in [-0.05, 0) is 30.0 Å². The van der Waals surface area contributed by atoms with Gasteiger partial charge in [-0.1, -0.05) is 84.9 Å². The van der Waals surface area contributed by atoms with Crippen molar-refractivity contribution in [3.63, 3.8) is 0 Å². The van der Waals surface area contributed by atoms with Crippen molar-refractivity contribution in [1.29, 1.82) is 0 Å². The van der Waals surface area contributed by atoms with Gasteiger partial charge in [0.05, 0.1) is 5.92 Å². The summed E-state index contributed by atoms with van der Waals surface area (Å²) >= 11 is 0. The van der Waals surface area contributed by atoms with Crippen molar-refractivity contribution in [3.05, 3.63) is 107 Å². The molecule has 0 N–H and O–H groups in total. The summed E-state index contributed by atoms with van der Waals surface area (Å²) in [5.41, 5.74) is 4.24. The van der Waals surface area contributed by atoms with E-state index in [4.69, 9.17) is 0 Å². The van der Waals surface area contributed by atoms with Crippen LogP contribution in [0.15, 0.2) is 84.9 Å². The lowest BCUT2D eigenvalue weighted by atomic mass is 9.83. The molecule has 0 saturated carbocycles. The highest BCUT2D eigenvalue weighted by molar-refractivity contribution is 6.01. The van der Waals surface area contributed by atoms with Crippen LogP contribution in [0, 0.1) is 6.92 Å². The Morgan fingerprint density at radius 2 is 1.35 bits per heavy atom. The molecule has 0 spiro atoms. The maximum absolute atomic E-state index is 13.1. The molecule has 1 unspecified atom stereocenters. The third-order valence-corrected chi connectivity index (χ3v) is 4.22. The number of hydrogen-bond donors (Lipinski definition) is 0. The van der Waals surface area contributed by atoms with E-state index in [2.05, 4.69) is 31.2 Å². The zero-order valence-corrected chi connectivity index (χ0v) is 13.3. The van der Waals surface area contributed by atoms with Crippen LogP contribution in [0.4, 0.5) is 0 Å². The van der Waals surface area contributed by atoms with Gasteiger partial charge in [0.1, 0.15) is 0 Å². The van der Waals surface area contributed by atoms with Crippen molar-refractivity contribution < 1.29 is 4.79 Å². The molecule has 0 radical (unpaired) electrons. The summed E-state index contributed by atoms with van der Waals surface area (Å²) in [5, 5.41) is 0. The fourth-order valence-electron chi connectivity index (χ4n) is 2.98. The lowest BCUT2D eigenvalue weighted by molar-refractivity contribution is 0.0958. The number of ketones is 1. The summed E-state index contributed by atoms with van der Waals surface area (Å²) < 4.78 is 0. The van der Waals surface area contributed by atoms with Crippen molar-refractivity contribution in [2.24, 2.45) is 0 Å². The molecule has 0 saturated heterocycles. The maximum Gasteiger partial charge on any atom is 0.170 e. The normalized spacial score (nSPS) is 11.9. The largest absolute Gasteiger partial charge is 0.293 e. The molecule has 114 valence electrons. The average molecular weight is 300 g/mol. The Hall–Kier alpha value is -2.67. The van der Waals surface area contributed by atoms with Crippen LogP contribution in [-0.4, -0.2) is 5.78 Å². The third kappa shape index (κ3) is 3.57. The molecule has 1 nitrogen and oxygen atoms in total. The number of benzene rings is 3. The molecule has 0 aliphatic heterocycles. The van der Waals surface area contributed by atoms with Gasteiger partial charge in [0.25, 0.3) is 0 Å². The predicted molar refractivity (Wildman–Crippen MR) is 94.8 cm³/mol. The Morgan fingerprint density at radius 3 is 2.00 bits per heavy atom. The van der Waals surface area contributed by atoms with Gasteiger partial charge in [-0.25, -0.2) is 0 Å². The van der Waals surface area contributed by atoms with Crippen LogP contribution < -0.4 is 0 Å². The van der Waals surface area contributed by atoms with Crippen LogP contribution in [0.5, 0.6) is 0 Å². The number of carbonyl (C=O) groups excluding carboxylic acids is 1. The number of hydrogen-bond acceptors (Lipinski definition) is 1. The highest BCUT2D eigenvalue weighted by Gasteiger charge is 2.23. The summed E-state index contributed by atoms with van der Waals surface area (Å²) in [6, 6.07) is 28.0. The van der Waals surface area contributed by atoms with Gasteiger partial charge in [0.15, 0.2) is 5.78 Å². The molecule has 1 heteroatoms. The number of carbonyl (C=O) groups is 1. The topological polar surface area (TPSA) is 17.1 Å². The molecule has 0 aliphatic carbocycles. The SMILES string of the molecule is Cc1ccccc1C(Cc1ccccc1)C(=O)c1ccccc1. The predicted octanol–water partition coefficient (Wildman–Crippen LogP) is 5.20. The van der Waals surface area contributed by atoms with Gasteiger partial charge in [-0.2, -0.15) is 0 Å². The summed E-state index contributed by atoms with van der Waals surface area (Å²) in [7, 11) is 0. The molecule has 0 amide bonds. The van der Waals surface area contributed by atoms with Crippen molar-refractivity contribution in [2.75, 3.05) is 0 Å². The first-order valence-corrected chi connectivity index (χ1v) is 7.94. The third-order valence-electron chi connectivity index (χ3n) is 4.22. The number of Topliss-reactive ketones (excluding diaryl/α,β-unsaturated/α-hetero) is 1. The molecule has 23 heavy (non-hydrogen) atoms. The fraction of sp³-hybridized carbons (Fsp3) is 0.136. The van der Waals surface area contributed by atoms with Gasteiger partial charge in [-0.3, -0.25) is 4.79 Å². The smallest absolute Gasteiger partial charge is 0.170 e. The van der Waals surface area contributed by atoms with E-state index in [1.807, 2.05) is 60.7 Å². The summed E-state index contributed by atoms with van der Waals surface area (Å²) in [4.78, 5) is 13.1. The van der Waals surface area contributed by atoms with E-state index in [1.165, 1.54) is 5.56 Å². The highest BCUT2D eigenvalue weighted by Crippen LogP contribution is 2.27. The molecule has 3 aromatic carbocycles. The molecule has 0 bridgehead atoms. The van der Waals surface area contributed by atoms with Gasteiger partial charge in [0.2, 0.25) is 0 Å². The standard InChI is InChI=1S/C22H20O/c1-17-10-8-9-15-20(17)21(16-18-11-4-2-5-12-18)22(23)19-13-6-3-7-14-19/h2-15,21H,16H2,1H3. The molecular formula is C22H20O. The van der Waals surface area contributed by atoms with Crippen LogP contribution >= 0.6 is 0 Å². The lowest BCUT2D eigenvalue weighted by Gasteiger charge is -2.19. The fourth-order valence-corrected chi connectivity index (χ4v) is 2.98. The summed E-state index contributed by atoms with van der Waals surface area (Å²) in [5.74, 6) is 0.0322. The molecule has 3 rings (SSSR count). The van der Waals surface area contributed by atoms with Crippen LogP contribution in [-0.2, 0) is 6.42 Å². The van der Waals surface area contributed by atoms with Crippen molar-refractivity contribution in [3.8, 4) is 0 Å². The highest BCUT2D eigenvalue weighted by atomic mass is 16.1. The average Bonchev–Trinajstić information content (AvgIpc) is 2.61. The van der Waals surface area contributed by atoms with Crippen molar-refractivity contribution in [1.82, 2.24) is 0 Å². The van der Waals surface area contributed by atoms with E-state index >= 15 is 0 Å². The monoisotopic (exact) mass is 300 g/mol. The van der Waals surface area contributed by atoms with Crippen LogP contribution in [0.3, 0.4) is 0 Å². The summed E-state index contributed by atoms with van der Waals surface area (Å²) in [6.45, 7) is 2.08. The van der Waals surface area contributed by atoms with Crippen LogP contribution in [0.1, 0.15) is 33.0 Å². The molecule has 0 fully saturated rings. The molecule has 0 aromatic heterocycles. The first kappa shape index (κ1) is 15.2. The molecule has 3 aromatic rings. The Morgan fingerprint density at radius 1 is 0.783 bits per heavy atom. The first-order valence-electron chi connectivity index (χ1n) is 7.94. The quantitative estimate of drug-likeness (QED) is 0.592. The van der Waals surface area contributed by atoms with Gasteiger partial charge in [-0.15, -0.1) is 0 Å². The van der Waals surface area contributed by atoms with E-state index in [0.717, 1.165) is 23.1 Å². The van der Waals surface area contributed by atoms with E-state index in [1.54, 1.807) is 0 Å². The van der Waals surface area contributed by atoms with E-state index in [9.17, 15) is 4.79 Å². The minimum absolute atomic E-state index is 0.152. The lowest BCUT2D eigenvalue weighted by Crippen LogP contribution is -2.16. The molecular weight excluding hydrogens is 280 g/mol. The van der Waals surface area contributed by atoms with Gasteiger partial charge >= 0.3 is 0 Å². The Labute approximate surface area is 137 Å². The zero-order chi connectivity index (χ0) is 16.1. The first-order chi connectivity index (χ1) is 11.3. The minimum atomic E-state index is -0.152. The number of rotatable bonds is 5. The Kier molecular flexibility index (Phi) is 4.68. The van der Waals surface area contributed by atoms with Crippen LogP contribution in [0.25, 0.3) is 0 Å². The van der Waals surface area contributed by atoms with Gasteiger partial charge < -0.3 is 0 Å².